The van der Waals surface area contributed by atoms with E-state index in [0.29, 0.717) is 12.2 Å². The second-order valence-electron chi connectivity index (χ2n) is 4.91. The van der Waals surface area contributed by atoms with Crippen molar-refractivity contribution >= 4 is 16.6 Å². The Bertz CT molecular complexity index is 836. The van der Waals surface area contributed by atoms with E-state index >= 15 is 0 Å². The van der Waals surface area contributed by atoms with Crippen molar-refractivity contribution in [3.8, 4) is 0 Å². The largest absolute Gasteiger partial charge is 0.397 e. The lowest BCUT2D eigenvalue weighted by atomic mass is 10.1. The van der Waals surface area contributed by atoms with Gasteiger partial charge in [-0.05, 0) is 36.2 Å². The van der Waals surface area contributed by atoms with E-state index in [-0.39, 0.29) is 5.56 Å². The molecule has 2 N–H and O–H groups in total. The number of anilines is 1. The van der Waals surface area contributed by atoms with Gasteiger partial charge in [0.15, 0.2) is 0 Å². The van der Waals surface area contributed by atoms with Crippen LogP contribution in [0.2, 0.25) is 0 Å². The van der Waals surface area contributed by atoms with Crippen molar-refractivity contribution in [2.75, 3.05) is 5.73 Å². The minimum Gasteiger partial charge on any atom is -0.397 e. The summed E-state index contributed by atoms with van der Waals surface area (Å²) in [5.74, 6) is 0. The maximum Gasteiger partial charge on any atom is 0.251 e. The Hall–Kier alpha value is -2.62. The van der Waals surface area contributed by atoms with Crippen molar-refractivity contribution in [1.29, 1.82) is 0 Å². The Morgan fingerprint density at radius 2 is 2.10 bits per heavy atom. The van der Waals surface area contributed by atoms with Crippen LogP contribution in [-0.2, 0) is 6.54 Å². The lowest BCUT2D eigenvalue weighted by Crippen LogP contribution is -2.20. The van der Waals surface area contributed by atoms with Crippen LogP contribution in [0.4, 0.5) is 5.69 Å². The number of nitrogen functional groups attached to an aromatic ring is 1. The third-order valence-corrected chi connectivity index (χ3v) is 3.39. The van der Waals surface area contributed by atoms with Crippen LogP contribution in [0.15, 0.2) is 53.6 Å². The average Bonchev–Trinajstić information content (AvgIpc) is 2.44. The monoisotopic (exact) mass is 265 g/mol. The number of fused-ring (bicyclic) bond motifs is 1. The summed E-state index contributed by atoms with van der Waals surface area (Å²) >= 11 is 0. The Balaban J connectivity index is 2.01. The Morgan fingerprint density at radius 3 is 2.95 bits per heavy atom. The highest BCUT2D eigenvalue weighted by Gasteiger charge is 2.03. The molecule has 0 atom stereocenters. The molecule has 0 spiro atoms. The standard InChI is InChI=1S/C16H15N3O/c1-11-7-16(20)19(10-14(11)17)9-12-4-5-15-13(8-12)3-2-6-18-15/h2-8,10H,9,17H2,1H3. The van der Waals surface area contributed by atoms with Crippen LogP contribution in [0.1, 0.15) is 11.1 Å². The molecule has 0 bridgehead atoms. The molecule has 2 aromatic heterocycles. The first-order valence-electron chi connectivity index (χ1n) is 6.44. The maximum absolute atomic E-state index is 12.0. The minimum absolute atomic E-state index is 0.0389. The molecular weight excluding hydrogens is 250 g/mol. The fourth-order valence-electron chi connectivity index (χ4n) is 2.23. The predicted molar refractivity (Wildman–Crippen MR) is 80.7 cm³/mol. The number of hydrogen-bond donors (Lipinski definition) is 1. The van der Waals surface area contributed by atoms with Crippen LogP contribution in [0, 0.1) is 6.92 Å². The zero-order valence-electron chi connectivity index (χ0n) is 11.2. The summed E-state index contributed by atoms with van der Waals surface area (Å²) in [5, 5.41) is 1.07. The number of hydrogen-bond acceptors (Lipinski definition) is 3. The number of aryl methyl sites for hydroxylation is 1. The van der Waals surface area contributed by atoms with Crippen molar-refractivity contribution < 1.29 is 0 Å². The van der Waals surface area contributed by atoms with Gasteiger partial charge < -0.3 is 10.3 Å². The van der Waals surface area contributed by atoms with Crippen molar-refractivity contribution in [1.82, 2.24) is 9.55 Å². The Morgan fingerprint density at radius 1 is 1.25 bits per heavy atom. The van der Waals surface area contributed by atoms with E-state index in [9.17, 15) is 4.79 Å². The van der Waals surface area contributed by atoms with Gasteiger partial charge in [0.05, 0.1) is 17.7 Å². The van der Waals surface area contributed by atoms with Gasteiger partial charge in [0.25, 0.3) is 5.56 Å². The SMILES string of the molecule is Cc1cc(=O)n(Cc2ccc3ncccc3c2)cc1N. The number of benzene rings is 1. The number of pyridine rings is 2. The summed E-state index contributed by atoms with van der Waals surface area (Å²) in [5.41, 5.74) is 9.27. The second kappa shape index (κ2) is 4.81. The maximum atomic E-state index is 12.0. The Labute approximate surface area is 116 Å². The summed E-state index contributed by atoms with van der Waals surface area (Å²) < 4.78 is 1.62. The molecule has 0 aliphatic heterocycles. The first-order chi connectivity index (χ1) is 9.63. The van der Waals surface area contributed by atoms with E-state index in [1.54, 1.807) is 23.0 Å². The second-order valence-corrected chi connectivity index (χ2v) is 4.91. The average molecular weight is 265 g/mol. The lowest BCUT2D eigenvalue weighted by Gasteiger charge is -2.09. The van der Waals surface area contributed by atoms with Crippen LogP contribution in [0.25, 0.3) is 10.9 Å². The van der Waals surface area contributed by atoms with Crippen LogP contribution in [0.3, 0.4) is 0 Å². The van der Waals surface area contributed by atoms with Crippen molar-refractivity contribution in [2.45, 2.75) is 13.5 Å². The smallest absolute Gasteiger partial charge is 0.251 e. The molecule has 0 saturated heterocycles. The molecule has 3 rings (SSSR count). The number of aromatic nitrogens is 2. The molecule has 0 fully saturated rings. The molecule has 0 saturated carbocycles. The fourth-order valence-corrected chi connectivity index (χ4v) is 2.23. The van der Waals surface area contributed by atoms with Crippen LogP contribution in [-0.4, -0.2) is 9.55 Å². The van der Waals surface area contributed by atoms with E-state index in [2.05, 4.69) is 4.98 Å². The molecule has 0 amide bonds. The van der Waals surface area contributed by atoms with E-state index in [1.165, 1.54) is 0 Å². The van der Waals surface area contributed by atoms with Gasteiger partial charge in [-0.3, -0.25) is 9.78 Å². The minimum atomic E-state index is -0.0389. The van der Waals surface area contributed by atoms with Gasteiger partial charge in [-0.25, -0.2) is 0 Å². The molecule has 0 unspecified atom stereocenters. The summed E-state index contributed by atoms with van der Waals surface area (Å²) in [7, 11) is 0. The molecule has 100 valence electrons. The predicted octanol–water partition coefficient (Wildman–Crippen LogP) is 2.34. The number of nitrogens with two attached hydrogens (primary N) is 1. The van der Waals surface area contributed by atoms with Crippen molar-refractivity contribution in [3.63, 3.8) is 0 Å². The zero-order valence-corrected chi connectivity index (χ0v) is 11.2. The van der Waals surface area contributed by atoms with Gasteiger partial charge in [0.1, 0.15) is 0 Å². The number of nitrogens with zero attached hydrogens (tertiary/aromatic N) is 2. The van der Waals surface area contributed by atoms with Crippen molar-refractivity contribution in [3.05, 3.63) is 70.3 Å². The van der Waals surface area contributed by atoms with Gasteiger partial charge in [0, 0.05) is 23.8 Å². The zero-order chi connectivity index (χ0) is 14.1. The Kier molecular flexibility index (Phi) is 2.99. The first kappa shape index (κ1) is 12.4. The molecule has 20 heavy (non-hydrogen) atoms. The van der Waals surface area contributed by atoms with Crippen LogP contribution >= 0.6 is 0 Å². The van der Waals surface area contributed by atoms with E-state index in [1.807, 2.05) is 37.3 Å². The topological polar surface area (TPSA) is 60.9 Å². The summed E-state index contributed by atoms with van der Waals surface area (Å²) in [6.45, 7) is 2.34. The van der Waals surface area contributed by atoms with Gasteiger partial charge in [-0.2, -0.15) is 0 Å². The number of rotatable bonds is 2. The fraction of sp³-hybridized carbons (Fsp3) is 0.125. The summed E-state index contributed by atoms with van der Waals surface area (Å²) in [6, 6.07) is 11.5. The van der Waals surface area contributed by atoms with Gasteiger partial charge in [0.2, 0.25) is 0 Å². The molecule has 0 radical (unpaired) electrons. The van der Waals surface area contributed by atoms with Gasteiger partial charge in [-0.1, -0.05) is 12.1 Å². The highest BCUT2D eigenvalue weighted by Crippen LogP contribution is 2.14. The molecule has 3 aromatic rings. The molecule has 4 nitrogen and oxygen atoms in total. The summed E-state index contributed by atoms with van der Waals surface area (Å²) in [4.78, 5) is 16.2. The van der Waals surface area contributed by atoms with E-state index < -0.39 is 0 Å². The van der Waals surface area contributed by atoms with Crippen molar-refractivity contribution in [2.24, 2.45) is 0 Å². The molecule has 4 heteroatoms. The normalized spacial score (nSPS) is 10.8. The lowest BCUT2D eigenvalue weighted by molar-refractivity contribution is 0.760. The van der Waals surface area contributed by atoms with Gasteiger partial charge >= 0.3 is 0 Å². The van der Waals surface area contributed by atoms with Crippen LogP contribution < -0.4 is 11.3 Å². The van der Waals surface area contributed by atoms with E-state index in [0.717, 1.165) is 22.0 Å². The molecule has 1 aromatic carbocycles. The quantitative estimate of drug-likeness (QED) is 0.773. The highest BCUT2D eigenvalue weighted by atomic mass is 16.1. The first-order valence-corrected chi connectivity index (χ1v) is 6.44. The molecule has 0 aliphatic carbocycles. The molecule has 0 aliphatic rings. The summed E-state index contributed by atoms with van der Waals surface area (Å²) in [6.07, 6.45) is 3.47. The van der Waals surface area contributed by atoms with Gasteiger partial charge in [-0.15, -0.1) is 0 Å². The van der Waals surface area contributed by atoms with Crippen LogP contribution in [0.5, 0.6) is 0 Å². The molecule has 2 heterocycles. The molecular formula is C16H15N3O. The third kappa shape index (κ3) is 2.28. The highest BCUT2D eigenvalue weighted by molar-refractivity contribution is 5.78. The van der Waals surface area contributed by atoms with E-state index in [4.69, 9.17) is 5.73 Å². The third-order valence-electron chi connectivity index (χ3n) is 3.39.